The Morgan fingerprint density at radius 1 is 1.26 bits per heavy atom. The molecule has 0 spiro atoms. The number of hydrogen-bond acceptors (Lipinski definition) is 2. The molecule has 1 N–H and O–H groups in total. The second kappa shape index (κ2) is 5.03. The summed E-state index contributed by atoms with van der Waals surface area (Å²) in [5.41, 5.74) is -1.34. The van der Waals surface area contributed by atoms with E-state index < -0.39 is 18.5 Å². The van der Waals surface area contributed by atoms with Crippen LogP contribution in [0.3, 0.4) is 0 Å². The van der Waals surface area contributed by atoms with E-state index in [4.69, 9.17) is 28.3 Å². The Kier molecular flexibility index (Phi) is 3.75. The van der Waals surface area contributed by atoms with Gasteiger partial charge in [0.05, 0.1) is 23.5 Å². The predicted molar refractivity (Wildman–Crippen MR) is 64.5 cm³/mol. The molecule has 0 aliphatic carbocycles. The Labute approximate surface area is 116 Å². The Bertz CT molecular complexity index is 610. The largest absolute Gasteiger partial charge is 0.433 e. The van der Waals surface area contributed by atoms with Gasteiger partial charge in [-0.2, -0.15) is 18.3 Å². The smallest absolute Gasteiger partial charge is 0.392 e. The van der Waals surface area contributed by atoms with Crippen LogP contribution in [0.15, 0.2) is 24.4 Å². The van der Waals surface area contributed by atoms with Gasteiger partial charge in [0.1, 0.15) is 0 Å². The molecule has 1 aromatic carbocycles. The van der Waals surface area contributed by atoms with Gasteiger partial charge in [-0.05, 0) is 18.2 Å². The second-order valence-electron chi connectivity index (χ2n) is 3.68. The summed E-state index contributed by atoms with van der Waals surface area (Å²) in [5, 5.41) is 12.9. The minimum absolute atomic E-state index is 0.0330. The lowest BCUT2D eigenvalue weighted by atomic mass is 10.2. The van der Waals surface area contributed by atoms with E-state index in [0.29, 0.717) is 9.70 Å². The molecule has 0 fully saturated rings. The van der Waals surface area contributed by atoms with Gasteiger partial charge >= 0.3 is 6.18 Å². The maximum atomic E-state index is 13.0. The molecule has 2 aromatic rings. The Morgan fingerprint density at radius 3 is 2.47 bits per heavy atom. The van der Waals surface area contributed by atoms with Crippen LogP contribution in [0.1, 0.15) is 11.3 Å². The predicted octanol–water partition coefficient (Wildman–Crippen LogP) is 3.69. The molecule has 0 aliphatic rings. The third-order valence-electron chi connectivity index (χ3n) is 2.42. The highest BCUT2D eigenvalue weighted by Gasteiger charge is 2.38. The summed E-state index contributed by atoms with van der Waals surface area (Å²) in [6.07, 6.45) is -3.70. The number of benzene rings is 1. The molecule has 2 rings (SSSR count). The van der Waals surface area contributed by atoms with Gasteiger partial charge in [0.15, 0.2) is 5.69 Å². The van der Waals surface area contributed by atoms with Gasteiger partial charge < -0.3 is 5.11 Å². The highest BCUT2D eigenvalue weighted by atomic mass is 35.5. The summed E-state index contributed by atoms with van der Waals surface area (Å²) in [6.45, 7) is -0.764. The first-order valence-electron chi connectivity index (χ1n) is 5.05. The maximum absolute atomic E-state index is 13.0. The molecule has 0 atom stereocenters. The molecule has 1 heterocycles. The molecule has 8 heteroatoms. The quantitative estimate of drug-likeness (QED) is 0.918. The van der Waals surface area contributed by atoms with Crippen LogP contribution in [0, 0.1) is 0 Å². The van der Waals surface area contributed by atoms with E-state index in [1.165, 1.54) is 18.2 Å². The van der Waals surface area contributed by atoms with Crippen molar-refractivity contribution in [3.63, 3.8) is 0 Å². The number of halogens is 5. The molecule has 102 valence electrons. The van der Waals surface area contributed by atoms with E-state index in [2.05, 4.69) is 5.10 Å². The van der Waals surface area contributed by atoms with E-state index in [9.17, 15) is 13.2 Å². The average molecular weight is 311 g/mol. The molecule has 0 aliphatic heterocycles. The highest BCUT2D eigenvalue weighted by Crippen LogP contribution is 2.35. The average Bonchev–Trinajstić information content (AvgIpc) is 2.72. The lowest BCUT2D eigenvalue weighted by Crippen LogP contribution is -2.15. The van der Waals surface area contributed by atoms with E-state index in [1.807, 2.05) is 0 Å². The number of aliphatic hydroxyl groups excluding tert-OH is 1. The van der Waals surface area contributed by atoms with Gasteiger partial charge in [-0.1, -0.05) is 23.2 Å². The third-order valence-corrected chi connectivity index (χ3v) is 2.96. The highest BCUT2D eigenvalue weighted by molar-refractivity contribution is 6.35. The van der Waals surface area contributed by atoms with Crippen LogP contribution in [-0.2, 0) is 12.8 Å². The Balaban J connectivity index is 2.66. The SMILES string of the molecule is OCc1cnn(-c2ccc(Cl)cc2Cl)c1C(F)(F)F. The zero-order valence-electron chi connectivity index (χ0n) is 9.25. The van der Waals surface area contributed by atoms with Crippen molar-refractivity contribution in [3.8, 4) is 5.69 Å². The standard InChI is InChI=1S/C11H7Cl2F3N2O/c12-7-1-2-9(8(13)3-7)18-10(11(14,15)16)6(5-19)4-17-18/h1-4,19H,5H2. The van der Waals surface area contributed by atoms with Gasteiger partial charge in [-0.15, -0.1) is 0 Å². The number of rotatable bonds is 2. The normalized spacial score (nSPS) is 11.9. The molecule has 0 amide bonds. The summed E-state index contributed by atoms with van der Waals surface area (Å²) in [4.78, 5) is 0. The fourth-order valence-corrected chi connectivity index (χ4v) is 2.12. The van der Waals surface area contributed by atoms with Gasteiger partial charge in [0.25, 0.3) is 0 Å². The molecule has 0 bridgehead atoms. The second-order valence-corrected chi connectivity index (χ2v) is 4.53. The molecule has 0 radical (unpaired) electrons. The van der Waals surface area contributed by atoms with Gasteiger partial charge in [-0.25, -0.2) is 4.68 Å². The lowest BCUT2D eigenvalue weighted by molar-refractivity contribution is -0.143. The first-order chi connectivity index (χ1) is 8.84. The summed E-state index contributed by atoms with van der Waals surface area (Å²) in [6, 6.07) is 4.05. The van der Waals surface area contributed by atoms with Crippen molar-refractivity contribution in [2.45, 2.75) is 12.8 Å². The summed E-state index contributed by atoms with van der Waals surface area (Å²) in [5.74, 6) is 0. The summed E-state index contributed by atoms with van der Waals surface area (Å²) >= 11 is 11.6. The third kappa shape index (κ3) is 2.70. The topological polar surface area (TPSA) is 38.1 Å². The molecule has 0 saturated carbocycles. The molecular formula is C11H7Cl2F3N2O. The van der Waals surface area contributed by atoms with Crippen LogP contribution >= 0.6 is 23.2 Å². The lowest BCUT2D eigenvalue weighted by Gasteiger charge is -2.13. The van der Waals surface area contributed by atoms with E-state index in [-0.39, 0.29) is 16.3 Å². The van der Waals surface area contributed by atoms with Crippen molar-refractivity contribution in [3.05, 3.63) is 45.7 Å². The molecule has 19 heavy (non-hydrogen) atoms. The van der Waals surface area contributed by atoms with E-state index in [1.54, 1.807) is 0 Å². The van der Waals surface area contributed by atoms with Crippen molar-refractivity contribution >= 4 is 23.2 Å². The number of aliphatic hydroxyl groups is 1. The molecule has 0 unspecified atom stereocenters. The minimum atomic E-state index is -4.66. The Hall–Kier alpha value is -1.24. The first kappa shape index (κ1) is 14.2. The monoisotopic (exact) mass is 310 g/mol. The van der Waals surface area contributed by atoms with Crippen molar-refractivity contribution in [1.82, 2.24) is 9.78 Å². The molecule has 0 saturated heterocycles. The van der Waals surface area contributed by atoms with Crippen LogP contribution in [0.4, 0.5) is 13.2 Å². The van der Waals surface area contributed by atoms with Crippen LogP contribution in [0.2, 0.25) is 10.0 Å². The number of alkyl halides is 3. The van der Waals surface area contributed by atoms with Crippen molar-refractivity contribution in [1.29, 1.82) is 0 Å². The van der Waals surface area contributed by atoms with Crippen molar-refractivity contribution in [2.24, 2.45) is 0 Å². The number of aromatic nitrogens is 2. The molecule has 3 nitrogen and oxygen atoms in total. The number of nitrogens with zero attached hydrogens (tertiary/aromatic N) is 2. The summed E-state index contributed by atoms with van der Waals surface area (Å²) < 4.78 is 39.6. The van der Waals surface area contributed by atoms with Crippen LogP contribution in [-0.4, -0.2) is 14.9 Å². The zero-order valence-corrected chi connectivity index (χ0v) is 10.8. The summed E-state index contributed by atoms with van der Waals surface area (Å²) in [7, 11) is 0. The fourth-order valence-electron chi connectivity index (χ4n) is 1.64. The van der Waals surface area contributed by atoms with Gasteiger partial charge in [-0.3, -0.25) is 0 Å². The van der Waals surface area contributed by atoms with Gasteiger partial charge in [0.2, 0.25) is 0 Å². The number of hydrogen-bond donors (Lipinski definition) is 1. The van der Waals surface area contributed by atoms with E-state index >= 15 is 0 Å². The molecular weight excluding hydrogens is 304 g/mol. The van der Waals surface area contributed by atoms with Crippen LogP contribution < -0.4 is 0 Å². The maximum Gasteiger partial charge on any atom is 0.433 e. The van der Waals surface area contributed by atoms with Crippen LogP contribution in [0.25, 0.3) is 5.69 Å². The Morgan fingerprint density at radius 2 is 1.95 bits per heavy atom. The van der Waals surface area contributed by atoms with E-state index in [0.717, 1.165) is 6.20 Å². The minimum Gasteiger partial charge on any atom is -0.392 e. The van der Waals surface area contributed by atoms with Crippen molar-refractivity contribution in [2.75, 3.05) is 0 Å². The van der Waals surface area contributed by atoms with Gasteiger partial charge in [0, 0.05) is 10.6 Å². The molecule has 1 aromatic heterocycles. The van der Waals surface area contributed by atoms with Crippen LogP contribution in [0.5, 0.6) is 0 Å². The zero-order chi connectivity index (χ0) is 14.2. The van der Waals surface area contributed by atoms with Crippen molar-refractivity contribution < 1.29 is 18.3 Å². The fraction of sp³-hybridized carbons (Fsp3) is 0.182. The first-order valence-corrected chi connectivity index (χ1v) is 5.80.